The fourth-order valence-corrected chi connectivity index (χ4v) is 4.01. The fraction of sp³-hybridized carbons (Fsp3) is 0.778. The molecule has 3 fully saturated rings. The van der Waals surface area contributed by atoms with Crippen LogP contribution in [-0.4, -0.2) is 60.6 Å². The van der Waals surface area contributed by atoms with E-state index in [-0.39, 0.29) is 6.10 Å². The molecule has 1 saturated carbocycles. The summed E-state index contributed by atoms with van der Waals surface area (Å²) in [6.45, 7) is 2.85. The van der Waals surface area contributed by atoms with Gasteiger partial charge in [0.1, 0.15) is 5.82 Å². The van der Waals surface area contributed by atoms with Crippen LogP contribution in [0, 0.1) is 0 Å². The number of hydrogen-bond acceptors (Lipinski definition) is 6. The van der Waals surface area contributed by atoms with Crippen molar-refractivity contribution in [1.29, 1.82) is 0 Å². The summed E-state index contributed by atoms with van der Waals surface area (Å²) in [4.78, 5) is 14.0. The molecule has 24 heavy (non-hydrogen) atoms. The van der Waals surface area contributed by atoms with E-state index in [1.165, 1.54) is 32.1 Å². The van der Waals surface area contributed by atoms with Crippen molar-refractivity contribution in [3.63, 3.8) is 0 Å². The molecule has 2 saturated heterocycles. The number of β-amino-alcohol motifs (C(OH)–C–C–N with tert-alkyl or cyclic N) is 1. The Labute approximate surface area is 143 Å². The monoisotopic (exact) mass is 332 g/mol. The van der Waals surface area contributed by atoms with Gasteiger partial charge in [-0.2, -0.15) is 4.98 Å². The van der Waals surface area contributed by atoms with Gasteiger partial charge in [0, 0.05) is 44.8 Å². The molecule has 0 spiro atoms. The molecule has 1 aromatic rings. The van der Waals surface area contributed by atoms with E-state index in [9.17, 15) is 5.11 Å². The topological polar surface area (TPSA) is 61.7 Å². The van der Waals surface area contributed by atoms with Crippen LogP contribution < -0.4 is 9.80 Å². The number of rotatable bonds is 4. The van der Waals surface area contributed by atoms with E-state index >= 15 is 0 Å². The highest BCUT2D eigenvalue weighted by Gasteiger charge is 2.30. The van der Waals surface area contributed by atoms with Crippen LogP contribution in [-0.2, 0) is 4.74 Å². The molecule has 1 unspecified atom stereocenters. The van der Waals surface area contributed by atoms with Gasteiger partial charge in [-0.25, -0.2) is 4.98 Å². The number of ether oxygens (including phenoxy) is 1. The smallest absolute Gasteiger partial charge is 0.227 e. The van der Waals surface area contributed by atoms with Gasteiger partial charge in [0.25, 0.3) is 0 Å². The van der Waals surface area contributed by atoms with Gasteiger partial charge in [-0.1, -0.05) is 19.3 Å². The Hall–Kier alpha value is -1.40. The zero-order chi connectivity index (χ0) is 16.5. The van der Waals surface area contributed by atoms with Gasteiger partial charge in [-0.3, -0.25) is 0 Å². The zero-order valence-electron chi connectivity index (χ0n) is 14.5. The Kier molecular flexibility index (Phi) is 4.59. The van der Waals surface area contributed by atoms with Crippen LogP contribution in [0.25, 0.3) is 0 Å². The zero-order valence-corrected chi connectivity index (χ0v) is 14.5. The van der Waals surface area contributed by atoms with Crippen molar-refractivity contribution in [2.75, 3.05) is 43.2 Å². The normalized spacial score (nSPS) is 25.8. The first-order valence-electron chi connectivity index (χ1n) is 9.33. The predicted molar refractivity (Wildman–Crippen MR) is 93.7 cm³/mol. The highest BCUT2D eigenvalue weighted by molar-refractivity contribution is 5.48. The summed E-state index contributed by atoms with van der Waals surface area (Å²) in [5.41, 5.74) is 1.09. The minimum Gasteiger partial charge on any atom is -0.389 e. The van der Waals surface area contributed by atoms with E-state index in [0.29, 0.717) is 25.0 Å². The highest BCUT2D eigenvalue weighted by Crippen LogP contribution is 2.31. The maximum Gasteiger partial charge on any atom is 0.227 e. The Morgan fingerprint density at radius 3 is 2.62 bits per heavy atom. The van der Waals surface area contributed by atoms with Crippen LogP contribution in [0.3, 0.4) is 0 Å². The van der Waals surface area contributed by atoms with Gasteiger partial charge in [-0.05, 0) is 19.3 Å². The van der Waals surface area contributed by atoms with Crippen molar-refractivity contribution >= 4 is 11.8 Å². The summed E-state index contributed by atoms with van der Waals surface area (Å²) in [5, 5.41) is 9.62. The molecule has 2 aliphatic heterocycles. The first-order valence-corrected chi connectivity index (χ1v) is 9.33. The maximum atomic E-state index is 9.62. The van der Waals surface area contributed by atoms with E-state index in [1.54, 1.807) is 0 Å². The summed E-state index contributed by atoms with van der Waals surface area (Å²) < 4.78 is 5.56. The third-order valence-corrected chi connectivity index (χ3v) is 5.70. The van der Waals surface area contributed by atoms with E-state index in [4.69, 9.17) is 14.7 Å². The molecule has 3 heterocycles. The molecule has 0 radical (unpaired) electrons. The van der Waals surface area contributed by atoms with Crippen molar-refractivity contribution < 1.29 is 9.84 Å². The largest absolute Gasteiger partial charge is 0.389 e. The van der Waals surface area contributed by atoms with Crippen LogP contribution in [0.4, 0.5) is 11.8 Å². The molecule has 1 aromatic heterocycles. The van der Waals surface area contributed by atoms with Crippen LogP contribution in [0.15, 0.2) is 6.07 Å². The highest BCUT2D eigenvalue weighted by atomic mass is 16.5. The van der Waals surface area contributed by atoms with Crippen LogP contribution >= 0.6 is 0 Å². The predicted octanol–water partition coefficient (Wildman–Crippen LogP) is 1.93. The number of hydrogen-bond donors (Lipinski definition) is 1. The second-order valence-electron chi connectivity index (χ2n) is 7.47. The summed E-state index contributed by atoms with van der Waals surface area (Å²) >= 11 is 0. The Balaban J connectivity index is 1.61. The maximum absolute atomic E-state index is 9.62. The lowest BCUT2D eigenvalue weighted by molar-refractivity contribution is 0.140. The molecule has 0 bridgehead atoms. The Morgan fingerprint density at radius 2 is 1.96 bits per heavy atom. The standard InChI is InChI=1S/C18H28N4O2/c1-21(14-5-3-2-4-6-14)17-9-16(13-7-8-24-12-13)19-18(20-17)22-10-15(23)11-22/h9,13-15,23H,2-8,10-12H2,1H3. The average Bonchev–Trinajstić information content (AvgIpc) is 3.13. The first kappa shape index (κ1) is 16.1. The van der Waals surface area contributed by atoms with Crippen LogP contribution in [0.1, 0.15) is 50.1 Å². The van der Waals surface area contributed by atoms with Crippen molar-refractivity contribution in [2.45, 2.75) is 56.6 Å². The summed E-state index contributed by atoms with van der Waals surface area (Å²) in [5.74, 6) is 2.16. The van der Waals surface area contributed by atoms with Crippen molar-refractivity contribution in [1.82, 2.24) is 9.97 Å². The molecule has 1 N–H and O–H groups in total. The number of aromatic nitrogens is 2. The van der Waals surface area contributed by atoms with Gasteiger partial charge >= 0.3 is 0 Å². The molecule has 132 valence electrons. The Bertz CT molecular complexity index is 564. The minimum atomic E-state index is -0.244. The lowest BCUT2D eigenvalue weighted by Gasteiger charge is -2.37. The van der Waals surface area contributed by atoms with Crippen molar-refractivity contribution in [2.24, 2.45) is 0 Å². The van der Waals surface area contributed by atoms with Crippen LogP contribution in [0.2, 0.25) is 0 Å². The molecule has 4 rings (SSSR count). The second kappa shape index (κ2) is 6.84. The van der Waals surface area contributed by atoms with Gasteiger partial charge in [-0.15, -0.1) is 0 Å². The molecule has 3 aliphatic rings. The molecule has 0 aromatic carbocycles. The van der Waals surface area contributed by atoms with Crippen molar-refractivity contribution in [3.05, 3.63) is 11.8 Å². The van der Waals surface area contributed by atoms with Crippen LogP contribution in [0.5, 0.6) is 0 Å². The molecule has 1 atom stereocenters. The van der Waals surface area contributed by atoms with E-state index in [1.807, 2.05) is 0 Å². The number of aliphatic hydroxyl groups excluding tert-OH is 1. The lowest BCUT2D eigenvalue weighted by atomic mass is 9.94. The third kappa shape index (κ3) is 3.22. The molecule has 6 heteroatoms. The van der Waals surface area contributed by atoms with Gasteiger partial charge < -0.3 is 19.6 Å². The van der Waals surface area contributed by atoms with Gasteiger partial charge in [0.05, 0.1) is 18.4 Å². The number of anilines is 2. The summed E-state index contributed by atoms with van der Waals surface area (Å²) in [7, 11) is 2.17. The third-order valence-electron chi connectivity index (χ3n) is 5.70. The minimum absolute atomic E-state index is 0.244. The van der Waals surface area contributed by atoms with Gasteiger partial charge in [0.2, 0.25) is 5.95 Å². The quantitative estimate of drug-likeness (QED) is 0.909. The SMILES string of the molecule is CN(c1cc(C2CCOC2)nc(N2CC(O)C2)n1)C1CCCCC1. The van der Waals surface area contributed by atoms with E-state index in [0.717, 1.165) is 37.1 Å². The number of aliphatic hydroxyl groups is 1. The molecular weight excluding hydrogens is 304 g/mol. The van der Waals surface area contributed by atoms with Gasteiger partial charge in [0.15, 0.2) is 0 Å². The summed E-state index contributed by atoms with van der Waals surface area (Å²) in [6, 6.07) is 2.74. The first-order chi connectivity index (χ1) is 11.7. The molecular formula is C18H28N4O2. The fourth-order valence-electron chi connectivity index (χ4n) is 4.01. The second-order valence-corrected chi connectivity index (χ2v) is 7.47. The van der Waals surface area contributed by atoms with Crippen molar-refractivity contribution in [3.8, 4) is 0 Å². The molecule has 6 nitrogen and oxygen atoms in total. The molecule has 1 aliphatic carbocycles. The number of nitrogens with zero attached hydrogens (tertiary/aromatic N) is 4. The van der Waals surface area contributed by atoms with E-state index < -0.39 is 0 Å². The molecule has 0 amide bonds. The Morgan fingerprint density at radius 1 is 1.17 bits per heavy atom. The van der Waals surface area contributed by atoms with E-state index in [2.05, 4.69) is 22.9 Å². The lowest BCUT2D eigenvalue weighted by Crippen LogP contribution is -2.51. The average molecular weight is 332 g/mol. The summed E-state index contributed by atoms with van der Waals surface area (Å²) in [6.07, 6.45) is 7.27.